The summed E-state index contributed by atoms with van der Waals surface area (Å²) in [5, 5.41) is 10.1. The van der Waals surface area contributed by atoms with Gasteiger partial charge in [0, 0.05) is 6.92 Å². The summed E-state index contributed by atoms with van der Waals surface area (Å²) in [6.07, 6.45) is 16.6. The third kappa shape index (κ3) is 14.5. The summed E-state index contributed by atoms with van der Waals surface area (Å²) in [7, 11) is 0. The Hall–Kier alpha value is -1.20. The number of nitrogens with two attached hydrogens (primary N) is 1. The van der Waals surface area contributed by atoms with Crippen LogP contribution in [0.4, 0.5) is 0 Å². The fourth-order valence-corrected chi connectivity index (χ4v) is 3.08. The number of carbonyl (C=O) groups excluding carboxylic acids is 2. The van der Waals surface area contributed by atoms with Crippen molar-refractivity contribution in [2.45, 2.75) is 116 Å². The Kier molecular flexibility index (Phi) is 16.2. The number of Topliss-reactive ketones (excluding diaryl/α,β-unsaturated/α-hetero) is 1. The molecule has 0 saturated heterocycles. The molecule has 27 heavy (non-hydrogen) atoms. The molecule has 158 valence electrons. The number of unbranched alkanes of at least 4 members (excludes halogenated alkanes) is 11. The van der Waals surface area contributed by atoms with Crippen molar-refractivity contribution in [3.63, 3.8) is 0 Å². The first-order valence-electron chi connectivity index (χ1n) is 10.7. The minimum absolute atomic E-state index is 0.365. The van der Waals surface area contributed by atoms with E-state index >= 15 is 0 Å². The molecule has 0 heterocycles. The quantitative estimate of drug-likeness (QED) is 0.220. The number of aliphatic hydroxyl groups is 1. The van der Waals surface area contributed by atoms with Crippen LogP contribution in [-0.4, -0.2) is 35.1 Å². The minimum Gasteiger partial charge on any atom is -0.453 e. The van der Waals surface area contributed by atoms with Crippen LogP contribution in [0.2, 0.25) is 0 Å². The van der Waals surface area contributed by atoms with Crippen LogP contribution in [0.15, 0.2) is 12.2 Å². The molecule has 0 rings (SSSR count). The van der Waals surface area contributed by atoms with Gasteiger partial charge < -0.3 is 15.6 Å². The lowest BCUT2D eigenvalue weighted by Crippen LogP contribution is -2.49. The Labute approximate surface area is 165 Å². The fourth-order valence-electron chi connectivity index (χ4n) is 3.08. The molecule has 0 amide bonds. The van der Waals surface area contributed by atoms with Crippen LogP contribution in [0.1, 0.15) is 97.8 Å². The first-order valence-corrected chi connectivity index (χ1v) is 10.7. The van der Waals surface area contributed by atoms with Gasteiger partial charge in [0.1, 0.15) is 0 Å². The van der Waals surface area contributed by atoms with E-state index in [1.165, 1.54) is 78.1 Å². The van der Waals surface area contributed by atoms with Crippen molar-refractivity contribution < 1.29 is 19.4 Å². The van der Waals surface area contributed by atoms with Crippen LogP contribution in [0.5, 0.6) is 0 Å². The molecule has 0 saturated carbocycles. The van der Waals surface area contributed by atoms with Gasteiger partial charge >= 0.3 is 5.97 Å². The summed E-state index contributed by atoms with van der Waals surface area (Å²) >= 11 is 0. The number of hydrogen-bond acceptors (Lipinski definition) is 5. The van der Waals surface area contributed by atoms with E-state index in [1.807, 2.05) is 6.08 Å². The molecule has 0 aromatic rings. The molecule has 5 nitrogen and oxygen atoms in total. The van der Waals surface area contributed by atoms with Gasteiger partial charge in [-0.1, -0.05) is 83.3 Å². The van der Waals surface area contributed by atoms with Gasteiger partial charge in [-0.05, 0) is 19.8 Å². The molecule has 0 aliphatic carbocycles. The number of rotatable bonds is 17. The van der Waals surface area contributed by atoms with Gasteiger partial charge in [0.15, 0.2) is 11.9 Å². The Morgan fingerprint density at radius 3 is 1.85 bits per heavy atom. The predicted molar refractivity (Wildman–Crippen MR) is 110 cm³/mol. The van der Waals surface area contributed by atoms with Crippen molar-refractivity contribution in [1.82, 2.24) is 0 Å². The van der Waals surface area contributed by atoms with E-state index in [2.05, 4.69) is 6.92 Å². The lowest BCUT2D eigenvalue weighted by Gasteiger charge is -2.23. The standard InChI is InChI=1S/C22H41NO4/c1-4-5-6-7-8-9-10-11-12-13-14-15-16-17-20(26)21(23)22(18(2)24)27-19(3)25/h16-17,20-22,26H,4-15,23H2,1-3H3/b17-16+. The minimum atomic E-state index is -1.11. The maximum absolute atomic E-state index is 11.5. The SMILES string of the molecule is CCCCCCCCCCCCC/C=C/C(O)C(N)C(OC(C)=O)C(C)=O. The van der Waals surface area contributed by atoms with E-state index in [9.17, 15) is 14.7 Å². The Morgan fingerprint density at radius 2 is 1.41 bits per heavy atom. The molecule has 0 aliphatic heterocycles. The van der Waals surface area contributed by atoms with Gasteiger partial charge in [0.25, 0.3) is 0 Å². The number of allylic oxidation sites excluding steroid dienone is 1. The number of carbonyl (C=O) groups is 2. The first-order chi connectivity index (χ1) is 12.9. The van der Waals surface area contributed by atoms with Crippen LogP contribution in [0, 0.1) is 0 Å². The van der Waals surface area contributed by atoms with Gasteiger partial charge in [0.05, 0.1) is 12.1 Å². The van der Waals surface area contributed by atoms with Crippen LogP contribution in [0.25, 0.3) is 0 Å². The zero-order valence-corrected chi connectivity index (χ0v) is 17.6. The highest BCUT2D eigenvalue weighted by atomic mass is 16.5. The van der Waals surface area contributed by atoms with Crippen molar-refractivity contribution in [3.8, 4) is 0 Å². The van der Waals surface area contributed by atoms with Crippen molar-refractivity contribution in [2.24, 2.45) is 5.73 Å². The Bertz CT molecular complexity index is 423. The van der Waals surface area contributed by atoms with E-state index < -0.39 is 24.2 Å². The summed E-state index contributed by atoms with van der Waals surface area (Å²) in [5.74, 6) is -0.946. The normalized spacial score (nSPS) is 14.9. The first kappa shape index (κ1) is 25.8. The number of ketones is 1. The lowest BCUT2D eigenvalue weighted by molar-refractivity contribution is -0.154. The molecule has 3 N–H and O–H groups in total. The molecule has 0 aromatic carbocycles. The largest absolute Gasteiger partial charge is 0.453 e. The van der Waals surface area contributed by atoms with Gasteiger partial charge in [-0.3, -0.25) is 9.59 Å². The van der Waals surface area contributed by atoms with Crippen molar-refractivity contribution in [3.05, 3.63) is 12.2 Å². The molecular formula is C22H41NO4. The molecule has 0 radical (unpaired) electrons. The molecule has 0 spiro atoms. The molecule has 3 unspecified atom stereocenters. The van der Waals surface area contributed by atoms with E-state index in [1.54, 1.807) is 6.08 Å². The number of aliphatic hydroxyl groups excluding tert-OH is 1. The summed E-state index contributed by atoms with van der Waals surface area (Å²) in [6, 6.07) is -0.944. The van der Waals surface area contributed by atoms with Crippen molar-refractivity contribution in [2.75, 3.05) is 0 Å². The summed E-state index contributed by atoms with van der Waals surface area (Å²) in [4.78, 5) is 22.6. The Morgan fingerprint density at radius 1 is 0.926 bits per heavy atom. The molecule has 0 bridgehead atoms. The summed E-state index contributed by atoms with van der Waals surface area (Å²) < 4.78 is 4.91. The number of ether oxygens (including phenoxy) is 1. The predicted octanol–water partition coefficient (Wildman–Crippen LogP) is 4.45. The zero-order valence-electron chi connectivity index (χ0n) is 17.6. The molecular weight excluding hydrogens is 342 g/mol. The van der Waals surface area contributed by atoms with Crippen LogP contribution in [0.3, 0.4) is 0 Å². The van der Waals surface area contributed by atoms with Gasteiger partial charge in [-0.15, -0.1) is 0 Å². The highest BCUT2D eigenvalue weighted by Gasteiger charge is 2.29. The maximum atomic E-state index is 11.5. The fraction of sp³-hybridized carbons (Fsp3) is 0.818. The van der Waals surface area contributed by atoms with Crippen molar-refractivity contribution >= 4 is 11.8 Å². The molecule has 3 atom stereocenters. The summed E-state index contributed by atoms with van der Waals surface area (Å²) in [5.41, 5.74) is 5.86. The molecule has 0 aliphatic rings. The number of esters is 1. The lowest BCUT2D eigenvalue weighted by atomic mass is 10.0. The number of hydrogen-bond donors (Lipinski definition) is 2. The molecule has 5 heteroatoms. The van der Waals surface area contributed by atoms with E-state index in [-0.39, 0.29) is 5.78 Å². The maximum Gasteiger partial charge on any atom is 0.303 e. The van der Waals surface area contributed by atoms with Crippen LogP contribution < -0.4 is 5.73 Å². The van der Waals surface area contributed by atoms with Crippen LogP contribution in [-0.2, 0) is 14.3 Å². The van der Waals surface area contributed by atoms with E-state index in [0.717, 1.165) is 12.8 Å². The average Bonchev–Trinajstić information content (AvgIpc) is 2.62. The highest BCUT2D eigenvalue weighted by molar-refractivity contribution is 5.84. The zero-order chi connectivity index (χ0) is 20.5. The second-order valence-corrected chi connectivity index (χ2v) is 7.46. The molecule has 0 fully saturated rings. The van der Waals surface area contributed by atoms with E-state index in [4.69, 9.17) is 10.5 Å². The van der Waals surface area contributed by atoms with Crippen molar-refractivity contribution in [1.29, 1.82) is 0 Å². The second kappa shape index (κ2) is 16.9. The average molecular weight is 384 g/mol. The Balaban J connectivity index is 3.77. The highest BCUT2D eigenvalue weighted by Crippen LogP contribution is 2.12. The summed E-state index contributed by atoms with van der Waals surface area (Å²) in [6.45, 7) is 4.77. The second-order valence-electron chi connectivity index (χ2n) is 7.46. The van der Waals surface area contributed by atoms with Gasteiger partial charge in [-0.25, -0.2) is 0 Å². The van der Waals surface area contributed by atoms with Crippen LogP contribution >= 0.6 is 0 Å². The smallest absolute Gasteiger partial charge is 0.303 e. The topological polar surface area (TPSA) is 89.6 Å². The van der Waals surface area contributed by atoms with E-state index in [0.29, 0.717) is 0 Å². The monoisotopic (exact) mass is 383 g/mol. The van der Waals surface area contributed by atoms with Gasteiger partial charge in [0.2, 0.25) is 0 Å². The third-order valence-electron chi connectivity index (χ3n) is 4.75. The third-order valence-corrected chi connectivity index (χ3v) is 4.75. The van der Waals surface area contributed by atoms with Gasteiger partial charge in [-0.2, -0.15) is 0 Å². The molecule has 0 aromatic heterocycles.